The summed E-state index contributed by atoms with van der Waals surface area (Å²) in [6.07, 6.45) is 1.37. The van der Waals surface area contributed by atoms with Crippen molar-refractivity contribution < 1.29 is 4.79 Å². The molecule has 0 atom stereocenters. The lowest BCUT2D eigenvalue weighted by atomic mass is 10.1. The van der Waals surface area contributed by atoms with E-state index in [2.05, 4.69) is 10.3 Å². The number of nitrogens with zero attached hydrogens (tertiary/aromatic N) is 2. The summed E-state index contributed by atoms with van der Waals surface area (Å²) in [7, 11) is 0. The van der Waals surface area contributed by atoms with Crippen molar-refractivity contribution in [1.82, 2.24) is 9.55 Å². The lowest BCUT2D eigenvalue weighted by Gasteiger charge is -2.11. The van der Waals surface area contributed by atoms with Crippen LogP contribution in [0, 0.1) is 13.8 Å². The highest BCUT2D eigenvalue weighted by Crippen LogP contribution is 2.22. The zero-order valence-corrected chi connectivity index (χ0v) is 12.7. The highest BCUT2D eigenvalue weighted by atomic mass is 32.2. The van der Waals surface area contributed by atoms with E-state index in [0.717, 1.165) is 22.6 Å². The molecule has 1 aliphatic heterocycles. The molecule has 108 valence electrons. The molecule has 21 heavy (non-hydrogen) atoms. The van der Waals surface area contributed by atoms with Crippen LogP contribution in [0.3, 0.4) is 0 Å². The molecular formula is C15H15N3O2S. The monoisotopic (exact) mass is 301 g/mol. The van der Waals surface area contributed by atoms with Crippen molar-refractivity contribution in [2.75, 3.05) is 11.1 Å². The molecule has 5 nitrogen and oxygen atoms in total. The lowest BCUT2D eigenvalue weighted by Crippen LogP contribution is -2.29. The molecular weight excluding hydrogens is 286 g/mol. The zero-order chi connectivity index (χ0) is 15.0. The third kappa shape index (κ3) is 2.47. The van der Waals surface area contributed by atoms with E-state index in [1.165, 1.54) is 18.0 Å². The van der Waals surface area contributed by atoms with Gasteiger partial charge in [0.1, 0.15) is 5.56 Å². The Balaban J connectivity index is 1.95. The van der Waals surface area contributed by atoms with Gasteiger partial charge in [-0.05, 0) is 25.0 Å². The fourth-order valence-electron chi connectivity index (χ4n) is 2.37. The standard InChI is InChI=1S/C15H15N3O2S/c1-9-4-3-5-10(2)12(9)17-13(19)11-8-16-15-18(14(11)20)6-7-21-15/h3-5,8H,6-7H2,1-2H3,(H,17,19). The molecule has 1 N–H and O–H groups in total. The van der Waals surface area contributed by atoms with Gasteiger partial charge in [0.15, 0.2) is 5.16 Å². The average Bonchev–Trinajstić information content (AvgIpc) is 2.92. The van der Waals surface area contributed by atoms with E-state index in [4.69, 9.17) is 0 Å². The van der Waals surface area contributed by atoms with E-state index in [0.29, 0.717) is 11.7 Å². The maximum atomic E-state index is 12.4. The molecule has 1 amide bonds. The molecule has 0 radical (unpaired) electrons. The Kier molecular flexibility index (Phi) is 3.55. The van der Waals surface area contributed by atoms with Crippen LogP contribution in [0.15, 0.2) is 34.3 Å². The molecule has 0 spiro atoms. The van der Waals surface area contributed by atoms with Crippen molar-refractivity contribution in [3.63, 3.8) is 0 Å². The molecule has 3 rings (SSSR count). The minimum absolute atomic E-state index is 0.0869. The topological polar surface area (TPSA) is 64.0 Å². The molecule has 1 aromatic heterocycles. The molecule has 0 bridgehead atoms. The molecule has 2 heterocycles. The number of benzene rings is 1. The summed E-state index contributed by atoms with van der Waals surface area (Å²) < 4.78 is 1.56. The Morgan fingerprint density at radius 1 is 1.33 bits per heavy atom. The molecule has 2 aromatic rings. The van der Waals surface area contributed by atoms with Crippen LogP contribution in [0.1, 0.15) is 21.5 Å². The van der Waals surface area contributed by atoms with Crippen LogP contribution in [-0.2, 0) is 6.54 Å². The molecule has 1 aromatic carbocycles. The van der Waals surface area contributed by atoms with E-state index in [9.17, 15) is 9.59 Å². The Bertz CT molecular complexity index is 763. The van der Waals surface area contributed by atoms with Gasteiger partial charge in [-0.3, -0.25) is 14.2 Å². The van der Waals surface area contributed by atoms with Gasteiger partial charge in [0.2, 0.25) is 0 Å². The number of carbonyl (C=O) groups excluding carboxylic acids is 1. The molecule has 0 aliphatic carbocycles. The number of aryl methyl sites for hydroxylation is 2. The average molecular weight is 301 g/mol. The van der Waals surface area contributed by atoms with Crippen molar-refractivity contribution in [2.45, 2.75) is 25.5 Å². The first-order valence-electron chi connectivity index (χ1n) is 6.68. The largest absolute Gasteiger partial charge is 0.321 e. The van der Waals surface area contributed by atoms with Crippen LogP contribution in [-0.4, -0.2) is 21.2 Å². The van der Waals surface area contributed by atoms with E-state index in [-0.39, 0.29) is 11.1 Å². The third-order valence-corrected chi connectivity index (χ3v) is 4.49. The summed E-state index contributed by atoms with van der Waals surface area (Å²) in [6.45, 7) is 4.45. The van der Waals surface area contributed by atoms with Crippen molar-refractivity contribution >= 4 is 23.4 Å². The van der Waals surface area contributed by atoms with Crippen molar-refractivity contribution in [3.8, 4) is 0 Å². The number of hydrogen-bond acceptors (Lipinski definition) is 4. The van der Waals surface area contributed by atoms with Crippen LogP contribution < -0.4 is 10.9 Å². The van der Waals surface area contributed by atoms with Gasteiger partial charge in [-0.2, -0.15) is 0 Å². The first-order chi connectivity index (χ1) is 10.1. The maximum absolute atomic E-state index is 12.4. The van der Waals surface area contributed by atoms with E-state index >= 15 is 0 Å². The van der Waals surface area contributed by atoms with E-state index in [1.54, 1.807) is 4.57 Å². The number of para-hydroxylation sites is 1. The molecule has 1 aliphatic rings. The molecule has 0 unspecified atom stereocenters. The van der Waals surface area contributed by atoms with Crippen LogP contribution in [0.25, 0.3) is 0 Å². The van der Waals surface area contributed by atoms with Gasteiger partial charge < -0.3 is 5.32 Å². The van der Waals surface area contributed by atoms with Crippen LogP contribution in [0.4, 0.5) is 5.69 Å². The normalized spacial score (nSPS) is 13.0. The minimum atomic E-state index is -0.405. The Morgan fingerprint density at radius 2 is 2.05 bits per heavy atom. The summed E-state index contributed by atoms with van der Waals surface area (Å²) in [6, 6.07) is 5.78. The number of amides is 1. The van der Waals surface area contributed by atoms with Gasteiger partial charge >= 0.3 is 0 Å². The van der Waals surface area contributed by atoms with E-state index < -0.39 is 5.91 Å². The van der Waals surface area contributed by atoms with Crippen molar-refractivity contribution in [1.29, 1.82) is 0 Å². The number of rotatable bonds is 2. The van der Waals surface area contributed by atoms with Crippen LogP contribution in [0.5, 0.6) is 0 Å². The second-order valence-corrected chi connectivity index (χ2v) is 6.04. The van der Waals surface area contributed by atoms with E-state index in [1.807, 2.05) is 32.0 Å². The number of fused-ring (bicyclic) bond motifs is 1. The molecule has 6 heteroatoms. The molecule has 0 saturated carbocycles. The quantitative estimate of drug-likeness (QED) is 0.864. The van der Waals surface area contributed by atoms with Crippen molar-refractivity contribution in [3.05, 3.63) is 51.4 Å². The maximum Gasteiger partial charge on any atom is 0.267 e. The first kappa shape index (κ1) is 13.9. The zero-order valence-electron chi connectivity index (χ0n) is 11.8. The Labute approximate surface area is 126 Å². The summed E-state index contributed by atoms with van der Waals surface area (Å²) in [4.78, 5) is 28.9. The van der Waals surface area contributed by atoms with Gasteiger partial charge in [0.05, 0.1) is 0 Å². The lowest BCUT2D eigenvalue weighted by molar-refractivity contribution is 0.102. The summed E-state index contributed by atoms with van der Waals surface area (Å²) in [5, 5.41) is 3.51. The fourth-order valence-corrected chi connectivity index (χ4v) is 3.28. The second kappa shape index (κ2) is 5.37. The predicted octanol–water partition coefficient (Wildman–Crippen LogP) is 2.22. The predicted molar refractivity (Wildman–Crippen MR) is 83.1 cm³/mol. The number of carbonyl (C=O) groups is 1. The molecule has 0 saturated heterocycles. The van der Waals surface area contributed by atoms with Crippen LogP contribution >= 0.6 is 11.8 Å². The van der Waals surface area contributed by atoms with Crippen molar-refractivity contribution in [2.24, 2.45) is 0 Å². The highest BCUT2D eigenvalue weighted by Gasteiger charge is 2.20. The number of hydrogen-bond donors (Lipinski definition) is 1. The highest BCUT2D eigenvalue weighted by molar-refractivity contribution is 7.99. The molecule has 0 fully saturated rings. The Morgan fingerprint density at radius 3 is 2.76 bits per heavy atom. The van der Waals surface area contributed by atoms with Gasteiger partial charge in [-0.1, -0.05) is 30.0 Å². The second-order valence-electron chi connectivity index (χ2n) is 4.98. The summed E-state index contributed by atoms with van der Waals surface area (Å²) in [5.74, 6) is 0.418. The van der Waals surface area contributed by atoms with Gasteiger partial charge in [0, 0.05) is 24.2 Å². The summed E-state index contributed by atoms with van der Waals surface area (Å²) >= 11 is 1.53. The SMILES string of the molecule is Cc1cccc(C)c1NC(=O)c1cnc2n(c1=O)CCS2. The van der Waals surface area contributed by atoms with Gasteiger partial charge in [-0.15, -0.1) is 0 Å². The van der Waals surface area contributed by atoms with Gasteiger partial charge in [0.25, 0.3) is 11.5 Å². The number of aromatic nitrogens is 2. The number of nitrogens with one attached hydrogen (secondary N) is 1. The Hall–Kier alpha value is -2.08. The smallest absolute Gasteiger partial charge is 0.267 e. The number of thioether (sulfide) groups is 1. The summed E-state index contributed by atoms with van der Waals surface area (Å²) in [5.41, 5.74) is 2.50. The fraction of sp³-hybridized carbons (Fsp3) is 0.267. The number of anilines is 1. The third-order valence-electron chi connectivity index (χ3n) is 3.52. The first-order valence-corrected chi connectivity index (χ1v) is 7.66. The minimum Gasteiger partial charge on any atom is -0.321 e. The van der Waals surface area contributed by atoms with Gasteiger partial charge in [-0.25, -0.2) is 4.98 Å². The van der Waals surface area contributed by atoms with Crippen LogP contribution in [0.2, 0.25) is 0 Å².